The van der Waals surface area contributed by atoms with Gasteiger partial charge in [0.25, 0.3) is 0 Å². The average Bonchev–Trinajstić information content (AvgIpc) is 2.82. The molecule has 1 aromatic rings. The summed E-state index contributed by atoms with van der Waals surface area (Å²) in [6, 6.07) is 2.73. The number of amides is 2. The minimum atomic E-state index is -0.601. The third-order valence-corrected chi connectivity index (χ3v) is 5.69. The first-order valence-electron chi connectivity index (χ1n) is 8.09. The van der Waals surface area contributed by atoms with Crippen LogP contribution in [0.4, 0.5) is 0 Å². The molecule has 0 radical (unpaired) electrons. The number of halogens is 3. The third-order valence-electron chi connectivity index (χ3n) is 4.67. The van der Waals surface area contributed by atoms with E-state index in [-0.39, 0.29) is 57.4 Å². The van der Waals surface area contributed by atoms with Crippen LogP contribution in [0.5, 0.6) is 5.75 Å². The number of ether oxygens (including phenoxy) is 1. The zero-order chi connectivity index (χ0) is 18.1. The fourth-order valence-electron chi connectivity index (χ4n) is 3.41. The molecule has 0 aromatic heterocycles. The Morgan fingerprint density at radius 2 is 1.56 bits per heavy atom. The summed E-state index contributed by atoms with van der Waals surface area (Å²) in [6.45, 7) is 0.0163. The topological polar surface area (TPSA) is 63.7 Å². The van der Waals surface area contributed by atoms with E-state index in [1.165, 1.54) is 17.0 Å². The number of imide groups is 1. The molecule has 3 rings (SSSR count). The van der Waals surface area contributed by atoms with Crippen LogP contribution in [0, 0.1) is 11.8 Å². The van der Waals surface area contributed by atoms with Gasteiger partial charge in [-0.15, -0.1) is 0 Å². The molecule has 0 N–H and O–H groups in total. The molecule has 1 aliphatic carbocycles. The Balaban J connectivity index is 1.60. The van der Waals surface area contributed by atoms with Crippen LogP contribution < -0.4 is 4.74 Å². The van der Waals surface area contributed by atoms with Crippen molar-refractivity contribution in [2.24, 2.45) is 11.8 Å². The Labute approximate surface area is 160 Å². The van der Waals surface area contributed by atoms with Crippen molar-refractivity contribution < 1.29 is 19.1 Å². The zero-order valence-electron chi connectivity index (χ0n) is 13.3. The van der Waals surface area contributed by atoms with Gasteiger partial charge in [-0.05, 0) is 18.9 Å². The first-order chi connectivity index (χ1) is 11.9. The summed E-state index contributed by atoms with van der Waals surface area (Å²) in [5.41, 5.74) is 0. The van der Waals surface area contributed by atoms with E-state index in [9.17, 15) is 14.4 Å². The molecule has 2 fully saturated rings. The molecule has 2 atom stereocenters. The summed E-state index contributed by atoms with van der Waals surface area (Å²) < 4.78 is 5.17. The molecule has 2 amide bonds. The Morgan fingerprint density at radius 3 is 2.16 bits per heavy atom. The lowest BCUT2D eigenvalue weighted by atomic mass is 9.81. The molecule has 25 heavy (non-hydrogen) atoms. The van der Waals surface area contributed by atoms with Gasteiger partial charge in [-0.25, -0.2) is 0 Å². The van der Waals surface area contributed by atoms with Crippen LogP contribution >= 0.6 is 34.8 Å². The molecule has 5 nitrogen and oxygen atoms in total. The number of benzene rings is 1. The molecular weight excluding hydrogens is 389 g/mol. The van der Waals surface area contributed by atoms with Crippen molar-refractivity contribution in [3.8, 4) is 5.75 Å². The molecule has 0 spiro atoms. The highest BCUT2D eigenvalue weighted by Gasteiger charge is 2.47. The second-order valence-corrected chi connectivity index (χ2v) is 7.47. The third kappa shape index (κ3) is 3.78. The molecule has 2 unspecified atom stereocenters. The number of hydrogen-bond donors (Lipinski definition) is 0. The predicted molar refractivity (Wildman–Crippen MR) is 93.9 cm³/mol. The van der Waals surface area contributed by atoms with Crippen molar-refractivity contribution in [3.63, 3.8) is 0 Å². The van der Waals surface area contributed by atoms with Crippen molar-refractivity contribution in [2.75, 3.05) is 6.54 Å². The number of hydrogen-bond acceptors (Lipinski definition) is 4. The van der Waals surface area contributed by atoms with Gasteiger partial charge in [0, 0.05) is 12.6 Å². The molecule has 1 heterocycles. The van der Waals surface area contributed by atoms with E-state index < -0.39 is 5.97 Å². The van der Waals surface area contributed by atoms with Gasteiger partial charge in [0.05, 0.1) is 33.3 Å². The van der Waals surface area contributed by atoms with E-state index in [4.69, 9.17) is 39.5 Å². The largest absolute Gasteiger partial charge is 0.425 e. The molecule has 0 bridgehead atoms. The van der Waals surface area contributed by atoms with Gasteiger partial charge in [0.15, 0.2) is 5.75 Å². The smallest absolute Gasteiger partial charge is 0.313 e. The Hall–Kier alpha value is -1.30. The van der Waals surface area contributed by atoms with Gasteiger partial charge in [-0.3, -0.25) is 19.3 Å². The lowest BCUT2D eigenvalue weighted by Crippen LogP contribution is -2.33. The first-order valence-corrected chi connectivity index (χ1v) is 9.22. The molecular formula is C17H16Cl3NO4. The fraction of sp³-hybridized carbons (Fsp3) is 0.471. The lowest BCUT2D eigenvalue weighted by Gasteiger charge is -2.19. The highest BCUT2D eigenvalue weighted by Crippen LogP contribution is 2.38. The van der Waals surface area contributed by atoms with Crippen molar-refractivity contribution in [3.05, 3.63) is 27.2 Å². The summed E-state index contributed by atoms with van der Waals surface area (Å²) in [5, 5.41) is 0.618. The summed E-state index contributed by atoms with van der Waals surface area (Å²) in [4.78, 5) is 37.9. The Bertz CT molecular complexity index is 713. The fourth-order valence-corrected chi connectivity index (χ4v) is 3.99. The second-order valence-electron chi connectivity index (χ2n) is 6.25. The zero-order valence-corrected chi connectivity index (χ0v) is 15.5. The van der Waals surface area contributed by atoms with Crippen LogP contribution in [0.15, 0.2) is 12.1 Å². The van der Waals surface area contributed by atoms with Crippen molar-refractivity contribution >= 4 is 52.6 Å². The van der Waals surface area contributed by atoms with E-state index in [0.717, 1.165) is 25.7 Å². The van der Waals surface area contributed by atoms with Crippen LogP contribution in [-0.2, 0) is 14.4 Å². The molecule has 1 saturated heterocycles. The van der Waals surface area contributed by atoms with Crippen molar-refractivity contribution in [1.82, 2.24) is 4.90 Å². The van der Waals surface area contributed by atoms with Crippen molar-refractivity contribution in [1.29, 1.82) is 0 Å². The van der Waals surface area contributed by atoms with Gasteiger partial charge < -0.3 is 4.74 Å². The van der Waals surface area contributed by atoms with Crippen LogP contribution in [0.3, 0.4) is 0 Å². The molecule has 2 aliphatic rings. The molecule has 134 valence electrons. The van der Waals surface area contributed by atoms with E-state index in [1.54, 1.807) is 0 Å². The summed E-state index contributed by atoms with van der Waals surface area (Å²) in [6.07, 6.45) is 3.31. The predicted octanol–water partition coefficient (Wildman–Crippen LogP) is 4.12. The maximum Gasteiger partial charge on any atom is 0.313 e. The van der Waals surface area contributed by atoms with Crippen molar-refractivity contribution in [2.45, 2.75) is 32.1 Å². The summed E-state index contributed by atoms with van der Waals surface area (Å²) >= 11 is 17.7. The number of nitrogens with zero attached hydrogens (tertiary/aromatic N) is 1. The maximum absolute atomic E-state index is 12.4. The molecule has 1 aliphatic heterocycles. The van der Waals surface area contributed by atoms with E-state index in [1.807, 2.05) is 0 Å². The number of carbonyl (C=O) groups is 3. The number of esters is 1. The normalized spacial score (nSPS) is 22.9. The number of rotatable bonds is 4. The minimum absolute atomic E-state index is 0.0163. The minimum Gasteiger partial charge on any atom is -0.425 e. The Morgan fingerprint density at radius 1 is 1.00 bits per heavy atom. The number of carbonyl (C=O) groups excluding carboxylic acids is 3. The van der Waals surface area contributed by atoms with Crippen LogP contribution in [0.1, 0.15) is 32.1 Å². The molecule has 8 heteroatoms. The van der Waals surface area contributed by atoms with E-state index in [0.29, 0.717) is 0 Å². The lowest BCUT2D eigenvalue weighted by molar-refractivity contribution is -0.141. The van der Waals surface area contributed by atoms with Gasteiger partial charge >= 0.3 is 5.97 Å². The summed E-state index contributed by atoms with van der Waals surface area (Å²) in [5.74, 6) is -1.29. The quantitative estimate of drug-likeness (QED) is 0.328. The highest BCUT2D eigenvalue weighted by atomic mass is 35.5. The molecule has 1 aromatic carbocycles. The van der Waals surface area contributed by atoms with E-state index >= 15 is 0 Å². The standard InChI is InChI=1S/C17H16Cl3NO4/c18-11-7-13(20)14(8-12(11)19)25-15(22)5-6-21-16(23)9-3-1-2-4-10(9)17(21)24/h7-10H,1-6H2. The SMILES string of the molecule is O=C(CCN1C(=O)C2CCCCC2C1=O)Oc1cc(Cl)c(Cl)cc1Cl. The van der Waals surface area contributed by atoms with Crippen LogP contribution in [0.2, 0.25) is 15.1 Å². The van der Waals surface area contributed by atoms with Gasteiger partial charge in [-0.2, -0.15) is 0 Å². The van der Waals surface area contributed by atoms with Crippen LogP contribution in [0.25, 0.3) is 0 Å². The number of likely N-dealkylation sites (tertiary alicyclic amines) is 1. The summed E-state index contributed by atoms with van der Waals surface area (Å²) in [7, 11) is 0. The van der Waals surface area contributed by atoms with Gasteiger partial charge in [-0.1, -0.05) is 47.6 Å². The Kier molecular flexibility index (Phi) is 5.56. The maximum atomic E-state index is 12.4. The monoisotopic (exact) mass is 403 g/mol. The van der Waals surface area contributed by atoms with Gasteiger partial charge in [0.1, 0.15) is 0 Å². The first kappa shape index (κ1) is 18.5. The average molecular weight is 405 g/mol. The highest BCUT2D eigenvalue weighted by molar-refractivity contribution is 6.43. The van der Waals surface area contributed by atoms with E-state index in [2.05, 4.69) is 0 Å². The van der Waals surface area contributed by atoms with Gasteiger partial charge in [0.2, 0.25) is 11.8 Å². The van der Waals surface area contributed by atoms with Crippen LogP contribution in [-0.4, -0.2) is 29.2 Å². The second kappa shape index (κ2) is 7.52. The molecule has 1 saturated carbocycles. The number of fused-ring (bicyclic) bond motifs is 1.